The Hall–Kier alpha value is -2.11. The molecule has 0 saturated carbocycles. The maximum atomic E-state index is 12.7. The van der Waals surface area contributed by atoms with Crippen molar-refractivity contribution in [2.75, 3.05) is 13.1 Å². The van der Waals surface area contributed by atoms with E-state index < -0.39 is 0 Å². The van der Waals surface area contributed by atoms with Crippen LogP contribution >= 0.6 is 0 Å². The molecule has 0 radical (unpaired) electrons. The van der Waals surface area contributed by atoms with E-state index in [1.807, 2.05) is 38.7 Å². The molecule has 1 aliphatic rings. The molecule has 1 fully saturated rings. The fraction of sp³-hybridized carbons (Fsp3) is 0.588. The van der Waals surface area contributed by atoms with Crippen LogP contribution < -0.4 is 0 Å². The highest BCUT2D eigenvalue weighted by molar-refractivity contribution is 5.95. The van der Waals surface area contributed by atoms with Gasteiger partial charge >= 0.3 is 0 Å². The maximum absolute atomic E-state index is 12.7. The molecule has 3 rings (SSSR count). The molecule has 124 valence electrons. The van der Waals surface area contributed by atoms with Gasteiger partial charge < -0.3 is 13.8 Å². The van der Waals surface area contributed by atoms with Gasteiger partial charge in [-0.1, -0.05) is 19.0 Å². The summed E-state index contributed by atoms with van der Waals surface area (Å²) in [6, 6.07) is 1.81. The molecule has 2 aromatic rings. The van der Waals surface area contributed by atoms with E-state index in [9.17, 15) is 4.79 Å². The number of nitrogens with zero attached hydrogens (tertiary/aromatic N) is 3. The Kier molecular flexibility index (Phi) is 4.24. The highest BCUT2D eigenvalue weighted by Gasteiger charge is 2.30. The summed E-state index contributed by atoms with van der Waals surface area (Å²) in [5.41, 5.74) is 0.652. The molecule has 0 aromatic carbocycles. The van der Waals surface area contributed by atoms with E-state index in [1.165, 1.54) is 0 Å². The van der Waals surface area contributed by atoms with Gasteiger partial charge in [0.05, 0.1) is 5.56 Å². The number of aryl methyl sites for hydroxylation is 2. The minimum absolute atomic E-state index is 0.0247. The Labute approximate surface area is 135 Å². The van der Waals surface area contributed by atoms with Crippen LogP contribution in [0.25, 0.3) is 0 Å². The van der Waals surface area contributed by atoms with Crippen molar-refractivity contribution in [3.05, 3.63) is 34.9 Å². The summed E-state index contributed by atoms with van der Waals surface area (Å²) in [6.07, 6.45) is 1.92. The predicted octanol–water partition coefficient (Wildman–Crippen LogP) is 3.42. The summed E-state index contributed by atoms with van der Waals surface area (Å²) >= 11 is 0. The van der Waals surface area contributed by atoms with Crippen LogP contribution in [0, 0.1) is 13.8 Å². The number of aromatic nitrogens is 2. The quantitative estimate of drug-likeness (QED) is 0.867. The van der Waals surface area contributed by atoms with Crippen molar-refractivity contribution in [2.24, 2.45) is 0 Å². The van der Waals surface area contributed by atoms with Crippen LogP contribution in [0.4, 0.5) is 0 Å². The fourth-order valence-corrected chi connectivity index (χ4v) is 3.03. The number of carbonyl (C=O) groups is 1. The van der Waals surface area contributed by atoms with E-state index in [0.717, 1.165) is 25.1 Å². The first-order valence-corrected chi connectivity index (χ1v) is 8.15. The van der Waals surface area contributed by atoms with Crippen LogP contribution in [0.15, 0.2) is 15.0 Å². The number of hydrogen-bond acceptors (Lipinski definition) is 5. The van der Waals surface area contributed by atoms with Crippen LogP contribution in [-0.4, -0.2) is 34.0 Å². The molecule has 0 unspecified atom stereocenters. The first kappa shape index (κ1) is 15.8. The van der Waals surface area contributed by atoms with Crippen molar-refractivity contribution < 1.29 is 13.7 Å². The molecule has 0 bridgehead atoms. The number of amides is 1. The van der Waals surface area contributed by atoms with Gasteiger partial charge in [-0.15, -0.1) is 0 Å². The second kappa shape index (κ2) is 6.18. The van der Waals surface area contributed by atoms with Crippen molar-refractivity contribution in [3.63, 3.8) is 0 Å². The predicted molar refractivity (Wildman–Crippen MR) is 84.4 cm³/mol. The van der Waals surface area contributed by atoms with E-state index in [1.54, 1.807) is 0 Å². The number of carbonyl (C=O) groups excluding carboxylic acids is 1. The van der Waals surface area contributed by atoms with Crippen molar-refractivity contribution in [1.29, 1.82) is 0 Å². The van der Waals surface area contributed by atoms with Gasteiger partial charge in [-0.3, -0.25) is 4.79 Å². The Bertz CT molecular complexity index is 702. The summed E-state index contributed by atoms with van der Waals surface area (Å²) in [6.45, 7) is 9.12. The second-order valence-electron chi connectivity index (χ2n) is 6.56. The van der Waals surface area contributed by atoms with E-state index in [2.05, 4.69) is 10.1 Å². The molecule has 23 heavy (non-hydrogen) atoms. The van der Waals surface area contributed by atoms with Gasteiger partial charge in [0, 0.05) is 24.9 Å². The molecular formula is C17H23N3O3. The normalized spacial score (nSPS) is 18.7. The summed E-state index contributed by atoms with van der Waals surface area (Å²) in [4.78, 5) is 19.1. The Morgan fingerprint density at radius 1 is 1.39 bits per heavy atom. The molecular weight excluding hydrogens is 294 g/mol. The number of hydrogen-bond donors (Lipinski definition) is 0. The molecule has 0 spiro atoms. The van der Waals surface area contributed by atoms with Gasteiger partial charge in [0.1, 0.15) is 11.5 Å². The minimum atomic E-state index is 0.0247. The topological polar surface area (TPSA) is 72.4 Å². The SMILES string of the molecule is Cc1cc(C(=O)N2CCC[C@H](c3noc(C(C)C)n3)C2)c(C)o1. The highest BCUT2D eigenvalue weighted by atomic mass is 16.5. The molecule has 3 heterocycles. The zero-order valence-electron chi connectivity index (χ0n) is 14.1. The number of piperidine rings is 1. The van der Waals surface area contributed by atoms with Gasteiger partial charge in [0.2, 0.25) is 5.89 Å². The average Bonchev–Trinajstić information content (AvgIpc) is 3.13. The lowest BCUT2D eigenvalue weighted by Crippen LogP contribution is -2.39. The monoisotopic (exact) mass is 317 g/mol. The van der Waals surface area contributed by atoms with Crippen molar-refractivity contribution in [1.82, 2.24) is 15.0 Å². The van der Waals surface area contributed by atoms with E-state index in [4.69, 9.17) is 8.94 Å². The molecule has 1 saturated heterocycles. The summed E-state index contributed by atoms with van der Waals surface area (Å²) < 4.78 is 10.8. The van der Waals surface area contributed by atoms with Gasteiger partial charge in [-0.25, -0.2) is 0 Å². The van der Waals surface area contributed by atoms with Crippen molar-refractivity contribution in [3.8, 4) is 0 Å². The fourth-order valence-electron chi connectivity index (χ4n) is 3.03. The average molecular weight is 317 g/mol. The standard InChI is InChI=1S/C17H23N3O3/c1-10(2)16-18-15(19-23-16)13-6-5-7-20(9-13)17(21)14-8-11(3)22-12(14)4/h8,10,13H,5-7,9H2,1-4H3/t13-/m0/s1. The van der Waals surface area contributed by atoms with Crippen LogP contribution in [0.5, 0.6) is 0 Å². The van der Waals surface area contributed by atoms with Crippen LogP contribution in [0.3, 0.4) is 0 Å². The second-order valence-corrected chi connectivity index (χ2v) is 6.56. The largest absolute Gasteiger partial charge is 0.466 e. The number of rotatable bonds is 3. The van der Waals surface area contributed by atoms with E-state index in [0.29, 0.717) is 29.6 Å². The molecule has 0 aliphatic carbocycles. The molecule has 1 amide bonds. The van der Waals surface area contributed by atoms with Gasteiger partial charge in [-0.05, 0) is 32.8 Å². The van der Waals surface area contributed by atoms with Crippen LogP contribution in [0.2, 0.25) is 0 Å². The number of furan rings is 1. The summed E-state index contributed by atoms with van der Waals surface area (Å²) in [5, 5.41) is 4.11. The Morgan fingerprint density at radius 2 is 2.17 bits per heavy atom. The molecule has 6 heteroatoms. The third-order valence-corrected chi connectivity index (χ3v) is 4.30. The lowest BCUT2D eigenvalue weighted by atomic mass is 9.96. The summed E-state index contributed by atoms with van der Waals surface area (Å²) in [7, 11) is 0. The van der Waals surface area contributed by atoms with Gasteiger partial charge in [-0.2, -0.15) is 4.98 Å². The van der Waals surface area contributed by atoms with Crippen LogP contribution in [0.1, 0.15) is 72.1 Å². The van der Waals surface area contributed by atoms with E-state index in [-0.39, 0.29) is 17.7 Å². The molecule has 1 aliphatic heterocycles. The van der Waals surface area contributed by atoms with Crippen molar-refractivity contribution >= 4 is 5.91 Å². The minimum Gasteiger partial charge on any atom is -0.466 e. The molecule has 0 N–H and O–H groups in total. The molecule has 1 atom stereocenters. The van der Waals surface area contributed by atoms with Gasteiger partial charge in [0.15, 0.2) is 5.82 Å². The lowest BCUT2D eigenvalue weighted by Gasteiger charge is -2.31. The molecule has 2 aromatic heterocycles. The van der Waals surface area contributed by atoms with Gasteiger partial charge in [0.25, 0.3) is 5.91 Å². The Morgan fingerprint density at radius 3 is 2.78 bits per heavy atom. The maximum Gasteiger partial charge on any atom is 0.257 e. The Balaban J connectivity index is 1.75. The van der Waals surface area contributed by atoms with Crippen molar-refractivity contribution in [2.45, 2.75) is 52.4 Å². The molecule has 6 nitrogen and oxygen atoms in total. The van der Waals surface area contributed by atoms with E-state index >= 15 is 0 Å². The first-order chi connectivity index (χ1) is 11.0. The third-order valence-electron chi connectivity index (χ3n) is 4.30. The lowest BCUT2D eigenvalue weighted by molar-refractivity contribution is 0.0702. The third kappa shape index (κ3) is 3.16. The smallest absolute Gasteiger partial charge is 0.257 e. The van der Waals surface area contributed by atoms with Crippen LogP contribution in [-0.2, 0) is 0 Å². The zero-order valence-corrected chi connectivity index (χ0v) is 14.1. The summed E-state index contributed by atoms with van der Waals surface area (Å²) in [5.74, 6) is 3.19. The highest BCUT2D eigenvalue weighted by Crippen LogP contribution is 2.28. The number of likely N-dealkylation sites (tertiary alicyclic amines) is 1. The first-order valence-electron chi connectivity index (χ1n) is 8.15. The zero-order chi connectivity index (χ0) is 16.6.